The molecule has 1 atom stereocenters. The van der Waals surface area contributed by atoms with E-state index < -0.39 is 5.67 Å². The molecule has 3 aromatic rings. The van der Waals surface area contributed by atoms with E-state index in [0.717, 1.165) is 54.4 Å². The Morgan fingerprint density at radius 1 is 1.21 bits per heavy atom. The van der Waals surface area contributed by atoms with Gasteiger partial charge in [0.15, 0.2) is 5.65 Å². The number of hydrogen-bond acceptors (Lipinski definition) is 5. The first kappa shape index (κ1) is 23.7. The van der Waals surface area contributed by atoms with Gasteiger partial charge in [-0.3, -0.25) is 4.90 Å². The molecule has 0 saturated carbocycles. The lowest BCUT2D eigenvalue weighted by Gasteiger charge is -2.33. The van der Waals surface area contributed by atoms with Crippen molar-refractivity contribution in [2.45, 2.75) is 57.3 Å². The lowest BCUT2D eigenvalue weighted by molar-refractivity contribution is -0.00792. The first-order valence-corrected chi connectivity index (χ1v) is 12.7. The summed E-state index contributed by atoms with van der Waals surface area (Å²) in [4.78, 5) is 7.17. The van der Waals surface area contributed by atoms with Crippen molar-refractivity contribution >= 4 is 17.2 Å². The smallest absolute Gasteiger partial charge is 0.159 e. The zero-order valence-electron chi connectivity index (χ0n) is 19.8. The molecule has 4 heterocycles. The molecule has 0 bridgehead atoms. The van der Waals surface area contributed by atoms with Gasteiger partial charge in [-0.1, -0.05) is 23.7 Å². The van der Waals surface area contributed by atoms with Gasteiger partial charge in [0.25, 0.3) is 0 Å². The minimum Gasteiger partial charge on any atom is -0.381 e. The van der Waals surface area contributed by atoms with Crippen LogP contribution in [-0.4, -0.2) is 58.0 Å². The Labute approximate surface area is 205 Å². The third-order valence-corrected chi connectivity index (χ3v) is 7.47. The molecule has 1 unspecified atom stereocenters. The van der Waals surface area contributed by atoms with Gasteiger partial charge in [-0.05, 0) is 50.1 Å². The van der Waals surface area contributed by atoms with Crippen LogP contribution in [0.5, 0.6) is 0 Å². The number of halogens is 2. The van der Waals surface area contributed by atoms with Crippen LogP contribution >= 0.6 is 11.6 Å². The second-order valence-corrected chi connectivity index (χ2v) is 10.2. The van der Waals surface area contributed by atoms with E-state index in [0.29, 0.717) is 45.1 Å². The molecule has 2 fully saturated rings. The Morgan fingerprint density at radius 2 is 2.00 bits per heavy atom. The standard InChI is InChI=1S/C26H33ClFN5O/c1-19-23(15-29-18-26(28)9-13-34-14-10-26)25-30-11-8-24(33(25)31-19)21-3-2-12-32(17-21)16-20-4-6-22(27)7-5-20/h4-8,11,21,29H,2-3,9-10,12-18H2,1H3. The Hall–Kier alpha value is -2.06. The van der Waals surface area contributed by atoms with Crippen molar-refractivity contribution in [3.05, 3.63) is 64.1 Å². The molecule has 2 saturated heterocycles. The molecule has 0 radical (unpaired) electrons. The minimum atomic E-state index is -1.19. The number of nitrogens with zero attached hydrogens (tertiary/aromatic N) is 4. The van der Waals surface area contributed by atoms with E-state index in [4.69, 9.17) is 21.4 Å². The van der Waals surface area contributed by atoms with Gasteiger partial charge in [0.1, 0.15) is 5.67 Å². The molecule has 1 N–H and O–H groups in total. The Kier molecular flexibility index (Phi) is 7.16. The molecule has 0 amide bonds. The monoisotopic (exact) mass is 485 g/mol. The van der Waals surface area contributed by atoms with Gasteiger partial charge in [-0.25, -0.2) is 13.9 Å². The Bertz CT molecular complexity index is 1110. The summed E-state index contributed by atoms with van der Waals surface area (Å²) in [6.45, 7) is 6.90. The van der Waals surface area contributed by atoms with E-state index in [1.807, 2.05) is 29.8 Å². The number of fused-ring (bicyclic) bond motifs is 1. The summed E-state index contributed by atoms with van der Waals surface area (Å²) in [5.74, 6) is 0.392. The molecular weight excluding hydrogens is 453 g/mol. The molecule has 2 aliphatic rings. The zero-order valence-corrected chi connectivity index (χ0v) is 20.5. The molecule has 0 aliphatic carbocycles. The molecule has 6 nitrogen and oxygen atoms in total. The number of piperidine rings is 1. The van der Waals surface area contributed by atoms with Crippen LogP contribution in [0.1, 0.15) is 54.1 Å². The highest BCUT2D eigenvalue weighted by molar-refractivity contribution is 6.30. The number of benzene rings is 1. The van der Waals surface area contributed by atoms with Gasteiger partial charge < -0.3 is 10.1 Å². The van der Waals surface area contributed by atoms with Crippen LogP contribution in [-0.2, 0) is 17.8 Å². The molecular formula is C26H33ClFN5O. The van der Waals surface area contributed by atoms with Gasteiger partial charge >= 0.3 is 0 Å². The fraction of sp³-hybridized carbons (Fsp3) is 0.538. The van der Waals surface area contributed by atoms with E-state index in [2.05, 4.69) is 33.4 Å². The summed E-state index contributed by atoms with van der Waals surface area (Å²) in [5.41, 5.74) is 4.16. The van der Waals surface area contributed by atoms with E-state index in [1.165, 1.54) is 11.3 Å². The maximum Gasteiger partial charge on any atom is 0.159 e. The summed E-state index contributed by atoms with van der Waals surface area (Å²) in [5, 5.41) is 8.96. The second-order valence-electron chi connectivity index (χ2n) is 9.74. The van der Waals surface area contributed by atoms with Crippen molar-refractivity contribution < 1.29 is 9.13 Å². The molecule has 182 valence electrons. The number of aromatic nitrogens is 3. The van der Waals surface area contributed by atoms with Crippen LogP contribution < -0.4 is 5.32 Å². The first-order chi connectivity index (χ1) is 16.5. The third kappa shape index (κ3) is 5.28. The van der Waals surface area contributed by atoms with E-state index in [1.54, 1.807) is 0 Å². The van der Waals surface area contributed by atoms with Crippen molar-refractivity contribution in [2.75, 3.05) is 32.8 Å². The number of rotatable bonds is 7. The van der Waals surface area contributed by atoms with Gasteiger partial charge in [-0.15, -0.1) is 0 Å². The van der Waals surface area contributed by atoms with Gasteiger partial charge in [0, 0.05) is 74.9 Å². The fourth-order valence-corrected chi connectivity index (χ4v) is 5.37. The zero-order chi connectivity index (χ0) is 23.5. The molecule has 5 rings (SSSR count). The highest BCUT2D eigenvalue weighted by atomic mass is 35.5. The van der Waals surface area contributed by atoms with Crippen LogP contribution in [0.2, 0.25) is 5.02 Å². The van der Waals surface area contributed by atoms with Crippen LogP contribution in [0.4, 0.5) is 4.39 Å². The number of ether oxygens (including phenoxy) is 1. The summed E-state index contributed by atoms with van der Waals surface area (Å²) in [7, 11) is 0. The topological polar surface area (TPSA) is 54.7 Å². The predicted octanol–water partition coefficient (Wildman–Crippen LogP) is 4.68. The number of aryl methyl sites for hydroxylation is 1. The Morgan fingerprint density at radius 3 is 2.79 bits per heavy atom. The lowest BCUT2D eigenvalue weighted by atomic mass is 9.94. The molecule has 0 spiro atoms. The van der Waals surface area contributed by atoms with Crippen molar-refractivity contribution in [1.82, 2.24) is 24.8 Å². The molecule has 2 aliphatic heterocycles. The highest BCUT2D eigenvalue weighted by Gasteiger charge is 2.32. The van der Waals surface area contributed by atoms with Crippen molar-refractivity contribution in [3.8, 4) is 0 Å². The van der Waals surface area contributed by atoms with Crippen molar-refractivity contribution in [3.63, 3.8) is 0 Å². The van der Waals surface area contributed by atoms with E-state index in [-0.39, 0.29) is 0 Å². The first-order valence-electron chi connectivity index (χ1n) is 12.3. The number of nitrogens with one attached hydrogen (secondary N) is 1. The van der Waals surface area contributed by atoms with Crippen LogP contribution in [0.25, 0.3) is 5.65 Å². The number of hydrogen-bond donors (Lipinski definition) is 1. The number of likely N-dealkylation sites (tertiary alicyclic amines) is 1. The Balaban J connectivity index is 1.29. The summed E-state index contributed by atoms with van der Waals surface area (Å²) >= 11 is 6.05. The van der Waals surface area contributed by atoms with Crippen molar-refractivity contribution in [1.29, 1.82) is 0 Å². The van der Waals surface area contributed by atoms with Crippen molar-refractivity contribution in [2.24, 2.45) is 0 Å². The van der Waals surface area contributed by atoms with Crippen LogP contribution in [0.3, 0.4) is 0 Å². The molecule has 2 aromatic heterocycles. The highest BCUT2D eigenvalue weighted by Crippen LogP contribution is 2.29. The van der Waals surface area contributed by atoms with Gasteiger partial charge in [0.2, 0.25) is 0 Å². The van der Waals surface area contributed by atoms with E-state index >= 15 is 0 Å². The maximum absolute atomic E-state index is 14.9. The van der Waals surface area contributed by atoms with Gasteiger partial charge in [0.05, 0.1) is 11.4 Å². The largest absolute Gasteiger partial charge is 0.381 e. The second kappa shape index (κ2) is 10.3. The minimum absolute atomic E-state index is 0.328. The normalized spacial score (nSPS) is 21.2. The number of alkyl halides is 1. The third-order valence-electron chi connectivity index (χ3n) is 7.22. The quantitative estimate of drug-likeness (QED) is 0.526. The summed E-state index contributed by atoms with van der Waals surface area (Å²) < 4.78 is 22.3. The van der Waals surface area contributed by atoms with Crippen LogP contribution in [0.15, 0.2) is 36.5 Å². The van der Waals surface area contributed by atoms with Gasteiger partial charge in [-0.2, -0.15) is 5.10 Å². The SMILES string of the molecule is Cc1nn2c(C3CCCN(Cc4ccc(Cl)cc4)C3)ccnc2c1CNCC1(F)CCOCC1. The average molecular weight is 486 g/mol. The predicted molar refractivity (Wildman–Crippen MR) is 132 cm³/mol. The summed E-state index contributed by atoms with van der Waals surface area (Å²) in [6, 6.07) is 10.2. The average Bonchev–Trinajstić information content (AvgIpc) is 3.16. The van der Waals surface area contributed by atoms with Crippen LogP contribution in [0, 0.1) is 6.92 Å². The molecule has 8 heteroatoms. The molecule has 34 heavy (non-hydrogen) atoms. The summed E-state index contributed by atoms with van der Waals surface area (Å²) in [6.07, 6.45) is 5.07. The molecule has 1 aromatic carbocycles. The fourth-order valence-electron chi connectivity index (χ4n) is 5.24. The van der Waals surface area contributed by atoms with E-state index in [9.17, 15) is 4.39 Å². The lowest BCUT2D eigenvalue weighted by Crippen LogP contribution is -2.41. The maximum atomic E-state index is 14.9.